The van der Waals surface area contributed by atoms with Gasteiger partial charge in [0.05, 0.1) is 10.6 Å². The van der Waals surface area contributed by atoms with E-state index in [-0.39, 0.29) is 28.0 Å². The topological polar surface area (TPSA) is 60.8 Å². The molecule has 4 nitrogen and oxygen atoms in total. The second-order valence-electron chi connectivity index (χ2n) is 4.23. The van der Waals surface area contributed by atoms with Crippen molar-refractivity contribution in [2.24, 2.45) is 0 Å². The standard InChI is InChI=1S/C15H14ClNO3/c1-2-17(10-4-3-5-11(18)8-10)15(20)13-9-12(19)6-7-14(13)16/h3-9,18-19H,2H2,1H3. The SMILES string of the molecule is CCN(C(=O)c1cc(O)ccc1Cl)c1cccc(O)c1. The van der Waals surface area contributed by atoms with E-state index in [4.69, 9.17) is 11.6 Å². The summed E-state index contributed by atoms with van der Waals surface area (Å²) in [7, 11) is 0. The fourth-order valence-electron chi connectivity index (χ4n) is 1.93. The van der Waals surface area contributed by atoms with Crippen LogP contribution < -0.4 is 4.90 Å². The van der Waals surface area contributed by atoms with Crippen LogP contribution in [0.15, 0.2) is 42.5 Å². The van der Waals surface area contributed by atoms with E-state index in [1.165, 1.54) is 35.2 Å². The molecule has 0 aliphatic rings. The molecule has 0 spiro atoms. The van der Waals surface area contributed by atoms with Gasteiger partial charge in [0.2, 0.25) is 0 Å². The van der Waals surface area contributed by atoms with Crippen molar-refractivity contribution < 1.29 is 15.0 Å². The molecule has 20 heavy (non-hydrogen) atoms. The number of hydrogen-bond acceptors (Lipinski definition) is 3. The fourth-order valence-corrected chi connectivity index (χ4v) is 2.13. The molecule has 0 aromatic heterocycles. The average molecular weight is 292 g/mol. The highest BCUT2D eigenvalue weighted by molar-refractivity contribution is 6.34. The Labute approximate surface area is 121 Å². The summed E-state index contributed by atoms with van der Waals surface area (Å²) in [6.07, 6.45) is 0. The fraction of sp³-hybridized carbons (Fsp3) is 0.133. The molecule has 5 heteroatoms. The number of aromatic hydroxyl groups is 2. The summed E-state index contributed by atoms with van der Waals surface area (Å²) < 4.78 is 0. The molecule has 0 atom stereocenters. The Morgan fingerprint density at radius 3 is 2.50 bits per heavy atom. The lowest BCUT2D eigenvalue weighted by atomic mass is 10.1. The molecule has 0 radical (unpaired) electrons. The first-order chi connectivity index (χ1) is 9.52. The summed E-state index contributed by atoms with van der Waals surface area (Å²) in [6.45, 7) is 2.23. The zero-order valence-electron chi connectivity index (χ0n) is 10.9. The van der Waals surface area contributed by atoms with Crippen molar-refractivity contribution >= 4 is 23.2 Å². The van der Waals surface area contributed by atoms with Crippen LogP contribution in [0, 0.1) is 0 Å². The molecular formula is C15H14ClNO3. The van der Waals surface area contributed by atoms with Gasteiger partial charge in [-0.05, 0) is 37.3 Å². The maximum absolute atomic E-state index is 12.5. The van der Waals surface area contributed by atoms with E-state index in [2.05, 4.69) is 0 Å². The molecule has 0 fully saturated rings. The summed E-state index contributed by atoms with van der Waals surface area (Å²) in [5, 5.41) is 19.3. The van der Waals surface area contributed by atoms with Gasteiger partial charge in [0.15, 0.2) is 0 Å². The van der Waals surface area contributed by atoms with Gasteiger partial charge in [-0.25, -0.2) is 0 Å². The zero-order valence-corrected chi connectivity index (χ0v) is 11.6. The third-order valence-corrected chi connectivity index (χ3v) is 3.21. The van der Waals surface area contributed by atoms with Crippen molar-refractivity contribution in [1.82, 2.24) is 0 Å². The number of carbonyl (C=O) groups is 1. The molecule has 0 bridgehead atoms. The van der Waals surface area contributed by atoms with Gasteiger partial charge in [-0.15, -0.1) is 0 Å². The minimum atomic E-state index is -0.334. The second kappa shape index (κ2) is 5.84. The van der Waals surface area contributed by atoms with Crippen LogP contribution >= 0.6 is 11.6 Å². The van der Waals surface area contributed by atoms with Crippen molar-refractivity contribution in [3.63, 3.8) is 0 Å². The van der Waals surface area contributed by atoms with Crippen molar-refractivity contribution in [2.75, 3.05) is 11.4 Å². The van der Waals surface area contributed by atoms with Gasteiger partial charge in [0, 0.05) is 18.3 Å². The van der Waals surface area contributed by atoms with Gasteiger partial charge in [-0.2, -0.15) is 0 Å². The lowest BCUT2D eigenvalue weighted by Crippen LogP contribution is -2.30. The molecule has 0 heterocycles. The van der Waals surface area contributed by atoms with Gasteiger partial charge in [0.25, 0.3) is 5.91 Å². The number of hydrogen-bond donors (Lipinski definition) is 2. The number of phenols is 2. The molecule has 2 aromatic carbocycles. The lowest BCUT2D eigenvalue weighted by molar-refractivity contribution is 0.0988. The molecule has 0 unspecified atom stereocenters. The highest BCUT2D eigenvalue weighted by Gasteiger charge is 2.19. The quantitative estimate of drug-likeness (QED) is 0.911. The highest BCUT2D eigenvalue weighted by atomic mass is 35.5. The maximum atomic E-state index is 12.5. The van der Waals surface area contributed by atoms with Crippen LogP contribution in [0.3, 0.4) is 0 Å². The first-order valence-corrected chi connectivity index (χ1v) is 6.50. The molecule has 0 aliphatic heterocycles. The summed E-state index contributed by atoms with van der Waals surface area (Å²) in [5.41, 5.74) is 0.786. The van der Waals surface area contributed by atoms with E-state index >= 15 is 0 Å². The molecule has 2 N–H and O–H groups in total. The van der Waals surface area contributed by atoms with Gasteiger partial charge < -0.3 is 15.1 Å². The number of amides is 1. The molecule has 2 aromatic rings. The lowest BCUT2D eigenvalue weighted by Gasteiger charge is -2.21. The maximum Gasteiger partial charge on any atom is 0.259 e. The first-order valence-electron chi connectivity index (χ1n) is 6.12. The van der Waals surface area contributed by atoms with Crippen LogP contribution in [-0.2, 0) is 0 Å². The van der Waals surface area contributed by atoms with E-state index in [1.807, 2.05) is 6.92 Å². The predicted molar refractivity (Wildman–Crippen MR) is 78.6 cm³/mol. The van der Waals surface area contributed by atoms with E-state index in [0.717, 1.165) is 0 Å². The zero-order chi connectivity index (χ0) is 14.7. The third-order valence-electron chi connectivity index (χ3n) is 2.88. The van der Waals surface area contributed by atoms with Crippen molar-refractivity contribution in [3.05, 3.63) is 53.1 Å². The smallest absolute Gasteiger partial charge is 0.259 e. The Bertz CT molecular complexity index is 643. The summed E-state index contributed by atoms with van der Waals surface area (Å²) >= 11 is 6.00. The van der Waals surface area contributed by atoms with E-state index < -0.39 is 0 Å². The van der Waals surface area contributed by atoms with Crippen LogP contribution in [0.25, 0.3) is 0 Å². The van der Waals surface area contributed by atoms with Crippen LogP contribution in [0.2, 0.25) is 5.02 Å². The Morgan fingerprint density at radius 1 is 1.15 bits per heavy atom. The summed E-state index contributed by atoms with van der Waals surface area (Å²) in [4.78, 5) is 14.0. The second-order valence-corrected chi connectivity index (χ2v) is 4.64. The average Bonchev–Trinajstić information content (AvgIpc) is 2.42. The molecule has 0 saturated carbocycles. The minimum Gasteiger partial charge on any atom is -0.508 e. The van der Waals surface area contributed by atoms with Gasteiger partial charge >= 0.3 is 0 Å². The summed E-state index contributed by atoms with van der Waals surface area (Å²) in [6, 6.07) is 10.6. The molecule has 2 rings (SSSR count). The molecule has 104 valence electrons. The largest absolute Gasteiger partial charge is 0.508 e. The number of phenolic OH excluding ortho intramolecular Hbond substituents is 2. The van der Waals surface area contributed by atoms with Crippen LogP contribution in [-0.4, -0.2) is 22.7 Å². The minimum absolute atomic E-state index is 0.0234. The highest BCUT2D eigenvalue weighted by Crippen LogP contribution is 2.26. The van der Waals surface area contributed by atoms with Crippen LogP contribution in [0.4, 0.5) is 5.69 Å². The van der Waals surface area contributed by atoms with Crippen LogP contribution in [0.1, 0.15) is 17.3 Å². The number of halogens is 1. The molecule has 0 aliphatic carbocycles. The number of anilines is 1. The van der Waals surface area contributed by atoms with Gasteiger partial charge in [-0.1, -0.05) is 17.7 Å². The van der Waals surface area contributed by atoms with Crippen LogP contribution in [0.5, 0.6) is 11.5 Å². The monoisotopic (exact) mass is 291 g/mol. The van der Waals surface area contributed by atoms with E-state index in [0.29, 0.717) is 12.2 Å². The van der Waals surface area contributed by atoms with Crippen molar-refractivity contribution in [3.8, 4) is 11.5 Å². The molecule has 1 amide bonds. The Hall–Kier alpha value is -2.20. The summed E-state index contributed by atoms with van der Waals surface area (Å²) in [5.74, 6) is -0.278. The Kier molecular flexibility index (Phi) is 4.15. The Balaban J connectivity index is 2.41. The molecular weight excluding hydrogens is 278 g/mol. The number of benzene rings is 2. The van der Waals surface area contributed by atoms with Crippen molar-refractivity contribution in [1.29, 1.82) is 0 Å². The third kappa shape index (κ3) is 2.86. The Morgan fingerprint density at radius 2 is 1.85 bits per heavy atom. The number of nitrogens with zero attached hydrogens (tertiary/aromatic N) is 1. The molecule has 0 saturated heterocycles. The van der Waals surface area contributed by atoms with Gasteiger partial charge in [-0.3, -0.25) is 4.79 Å². The number of rotatable bonds is 3. The first kappa shape index (κ1) is 14.2. The van der Waals surface area contributed by atoms with Crippen molar-refractivity contribution in [2.45, 2.75) is 6.92 Å². The predicted octanol–water partition coefficient (Wildman–Crippen LogP) is 3.42. The normalized spacial score (nSPS) is 10.3. The number of carbonyl (C=O) groups excluding carboxylic acids is 1. The van der Waals surface area contributed by atoms with E-state index in [1.54, 1.807) is 12.1 Å². The van der Waals surface area contributed by atoms with E-state index in [9.17, 15) is 15.0 Å². The van der Waals surface area contributed by atoms with Gasteiger partial charge in [0.1, 0.15) is 11.5 Å².